The second-order valence-corrected chi connectivity index (χ2v) is 5.52. The van der Waals surface area contributed by atoms with E-state index < -0.39 is 11.9 Å². The van der Waals surface area contributed by atoms with Crippen molar-refractivity contribution in [1.29, 1.82) is 0 Å². The van der Waals surface area contributed by atoms with E-state index >= 15 is 0 Å². The highest BCUT2D eigenvalue weighted by Gasteiger charge is 2.27. The normalized spacial score (nSPS) is 19.1. The smallest absolute Gasteiger partial charge is 0.336 e. The molecule has 1 aromatic carbocycles. The minimum atomic E-state index is -0.624. The van der Waals surface area contributed by atoms with Crippen molar-refractivity contribution in [2.24, 2.45) is 0 Å². The van der Waals surface area contributed by atoms with Gasteiger partial charge in [-0.25, -0.2) is 14.6 Å². The zero-order valence-electron chi connectivity index (χ0n) is 12.8. The molecule has 7 nitrogen and oxygen atoms in total. The summed E-state index contributed by atoms with van der Waals surface area (Å²) in [6.45, 7) is 3.05. The fourth-order valence-corrected chi connectivity index (χ4v) is 2.84. The first-order valence-electron chi connectivity index (χ1n) is 7.72. The molecule has 0 bridgehead atoms. The van der Waals surface area contributed by atoms with Crippen molar-refractivity contribution >= 4 is 28.7 Å². The lowest BCUT2D eigenvalue weighted by molar-refractivity contribution is -0.133. The minimum Gasteiger partial charge on any atom is -0.418 e. The van der Waals surface area contributed by atoms with E-state index in [0.717, 1.165) is 38.3 Å². The predicted molar refractivity (Wildman–Crippen MR) is 87.2 cm³/mol. The van der Waals surface area contributed by atoms with Crippen LogP contribution in [0.5, 0.6) is 11.5 Å². The van der Waals surface area contributed by atoms with Crippen molar-refractivity contribution < 1.29 is 19.1 Å². The van der Waals surface area contributed by atoms with Crippen molar-refractivity contribution in [1.82, 2.24) is 10.3 Å². The Morgan fingerprint density at radius 1 is 0.958 bits per heavy atom. The number of aromatic nitrogens is 1. The summed E-state index contributed by atoms with van der Waals surface area (Å²) in [4.78, 5) is 30.5. The van der Waals surface area contributed by atoms with E-state index in [1.807, 2.05) is 23.1 Å². The number of rotatable bonds is 1. The summed E-state index contributed by atoms with van der Waals surface area (Å²) >= 11 is 0. The topological polar surface area (TPSA) is 80.8 Å². The van der Waals surface area contributed by atoms with Crippen LogP contribution in [0.1, 0.15) is 0 Å². The van der Waals surface area contributed by atoms with Crippen LogP contribution in [-0.2, 0) is 9.59 Å². The van der Waals surface area contributed by atoms with Gasteiger partial charge < -0.3 is 19.7 Å². The van der Waals surface area contributed by atoms with Gasteiger partial charge in [0.15, 0.2) is 11.6 Å². The standard InChI is InChI=1S/C17H15N3O4/c21-13-5-6-14(22)24-16-15(23-13)11-3-1-2-4-12(11)19-17(16)20-9-7-18-8-10-20/h1-6,18H,7-10H2/b6-5-. The van der Waals surface area contributed by atoms with Crippen LogP contribution < -0.4 is 19.7 Å². The third-order valence-corrected chi connectivity index (χ3v) is 3.96. The highest BCUT2D eigenvalue weighted by atomic mass is 16.6. The predicted octanol–water partition coefficient (Wildman–Crippen LogP) is 1.02. The number of anilines is 1. The molecule has 2 aromatic rings. The maximum Gasteiger partial charge on any atom is 0.336 e. The lowest BCUT2D eigenvalue weighted by Crippen LogP contribution is -2.44. The van der Waals surface area contributed by atoms with E-state index in [4.69, 9.17) is 9.47 Å². The molecule has 2 aliphatic rings. The van der Waals surface area contributed by atoms with Gasteiger partial charge in [-0.1, -0.05) is 12.1 Å². The molecule has 122 valence electrons. The third-order valence-electron chi connectivity index (χ3n) is 3.96. The number of para-hydroxylation sites is 1. The average Bonchev–Trinajstić information content (AvgIpc) is 2.61. The molecule has 0 aliphatic carbocycles. The molecule has 3 heterocycles. The number of hydrogen-bond donors (Lipinski definition) is 1. The van der Waals surface area contributed by atoms with Gasteiger partial charge in [-0.15, -0.1) is 0 Å². The molecule has 2 aliphatic heterocycles. The Kier molecular flexibility index (Phi) is 3.62. The van der Waals surface area contributed by atoms with E-state index in [1.165, 1.54) is 0 Å². The van der Waals surface area contributed by atoms with Gasteiger partial charge in [-0.2, -0.15) is 0 Å². The Morgan fingerprint density at radius 3 is 2.38 bits per heavy atom. The van der Waals surface area contributed by atoms with Gasteiger partial charge in [-0.3, -0.25) is 0 Å². The van der Waals surface area contributed by atoms with E-state index in [-0.39, 0.29) is 11.5 Å². The molecule has 0 atom stereocenters. The molecular weight excluding hydrogens is 310 g/mol. The summed E-state index contributed by atoms with van der Waals surface area (Å²) in [6, 6.07) is 7.31. The molecule has 1 fully saturated rings. The monoisotopic (exact) mass is 325 g/mol. The van der Waals surface area contributed by atoms with Crippen molar-refractivity contribution in [2.75, 3.05) is 31.1 Å². The number of hydrogen-bond acceptors (Lipinski definition) is 7. The number of benzene rings is 1. The molecule has 24 heavy (non-hydrogen) atoms. The number of ether oxygens (including phenoxy) is 2. The summed E-state index contributed by atoms with van der Waals surface area (Å²) in [5.41, 5.74) is 0.679. The van der Waals surface area contributed by atoms with E-state index in [0.29, 0.717) is 16.7 Å². The highest BCUT2D eigenvalue weighted by molar-refractivity contribution is 6.00. The van der Waals surface area contributed by atoms with Gasteiger partial charge in [-0.05, 0) is 12.1 Å². The van der Waals surface area contributed by atoms with E-state index in [9.17, 15) is 9.59 Å². The van der Waals surface area contributed by atoms with Crippen LogP contribution in [0, 0.1) is 0 Å². The second-order valence-electron chi connectivity index (χ2n) is 5.52. The van der Waals surface area contributed by atoms with Crippen molar-refractivity contribution in [3.8, 4) is 11.5 Å². The molecule has 0 unspecified atom stereocenters. The lowest BCUT2D eigenvalue weighted by atomic mass is 10.1. The first-order chi connectivity index (χ1) is 11.7. The Hall–Kier alpha value is -2.93. The Morgan fingerprint density at radius 2 is 1.62 bits per heavy atom. The number of pyridine rings is 1. The van der Waals surface area contributed by atoms with Crippen molar-refractivity contribution in [3.63, 3.8) is 0 Å². The van der Waals surface area contributed by atoms with Crippen molar-refractivity contribution in [3.05, 3.63) is 36.4 Å². The van der Waals surface area contributed by atoms with Crippen LogP contribution >= 0.6 is 0 Å². The van der Waals surface area contributed by atoms with Gasteiger partial charge in [0.1, 0.15) is 0 Å². The van der Waals surface area contributed by atoms with Gasteiger partial charge in [0, 0.05) is 43.7 Å². The number of carbonyl (C=O) groups is 2. The van der Waals surface area contributed by atoms with Crippen LogP contribution in [0.3, 0.4) is 0 Å². The van der Waals surface area contributed by atoms with Crippen LogP contribution in [0.15, 0.2) is 36.4 Å². The van der Waals surface area contributed by atoms with E-state index in [2.05, 4.69) is 10.3 Å². The molecule has 1 aromatic heterocycles. The largest absolute Gasteiger partial charge is 0.418 e. The number of piperazine rings is 1. The summed E-state index contributed by atoms with van der Waals surface area (Å²) in [6.07, 6.45) is 2.12. The first kappa shape index (κ1) is 14.6. The zero-order chi connectivity index (χ0) is 16.5. The molecule has 0 amide bonds. The SMILES string of the molecule is O=C1/C=C\C(=O)Oc2c(c(N3CCNCC3)nc3ccccc23)O1. The fraction of sp³-hybridized carbons (Fsp3) is 0.235. The molecule has 0 saturated carbocycles. The number of esters is 2. The maximum absolute atomic E-state index is 11.9. The highest BCUT2D eigenvalue weighted by Crippen LogP contribution is 2.42. The minimum absolute atomic E-state index is 0.193. The molecule has 4 rings (SSSR count). The lowest BCUT2D eigenvalue weighted by Gasteiger charge is -2.30. The summed E-state index contributed by atoms with van der Waals surface area (Å²) in [5, 5.41) is 3.89. The van der Waals surface area contributed by atoms with Gasteiger partial charge in [0.2, 0.25) is 5.75 Å². The first-order valence-corrected chi connectivity index (χ1v) is 7.72. The van der Waals surface area contributed by atoms with Crippen LogP contribution in [0.4, 0.5) is 5.82 Å². The summed E-state index contributed by atoms with van der Waals surface area (Å²) in [5.74, 6) is -0.298. The van der Waals surface area contributed by atoms with Gasteiger partial charge in [0.25, 0.3) is 0 Å². The van der Waals surface area contributed by atoms with Gasteiger partial charge in [0.05, 0.1) is 5.52 Å². The molecular formula is C17H15N3O4. The van der Waals surface area contributed by atoms with Crippen molar-refractivity contribution in [2.45, 2.75) is 0 Å². The Bertz CT molecular complexity index is 856. The quantitative estimate of drug-likeness (QED) is 0.784. The third kappa shape index (κ3) is 2.59. The number of fused-ring (bicyclic) bond motifs is 3. The number of nitrogens with one attached hydrogen (secondary N) is 1. The number of nitrogens with zero attached hydrogens (tertiary/aromatic N) is 2. The molecule has 0 radical (unpaired) electrons. The zero-order valence-corrected chi connectivity index (χ0v) is 12.8. The maximum atomic E-state index is 11.9. The van der Waals surface area contributed by atoms with Crippen LogP contribution in [0.25, 0.3) is 10.9 Å². The van der Waals surface area contributed by atoms with Gasteiger partial charge >= 0.3 is 11.9 Å². The molecule has 7 heteroatoms. The summed E-state index contributed by atoms with van der Waals surface area (Å²) in [7, 11) is 0. The number of carbonyl (C=O) groups excluding carboxylic acids is 2. The second kappa shape index (κ2) is 5.93. The van der Waals surface area contributed by atoms with Crippen LogP contribution in [-0.4, -0.2) is 43.1 Å². The molecule has 1 saturated heterocycles. The summed E-state index contributed by atoms with van der Waals surface area (Å²) < 4.78 is 10.9. The molecule has 1 N–H and O–H groups in total. The average molecular weight is 325 g/mol. The van der Waals surface area contributed by atoms with Crippen LogP contribution in [0.2, 0.25) is 0 Å². The molecule has 0 spiro atoms. The Balaban J connectivity index is 1.95. The van der Waals surface area contributed by atoms with E-state index in [1.54, 1.807) is 6.07 Å². The fourth-order valence-electron chi connectivity index (χ4n) is 2.84. The Labute approximate surface area is 137 Å².